The summed E-state index contributed by atoms with van der Waals surface area (Å²) in [5.74, 6) is -1.30. The minimum Gasteiger partial charge on any atom is -0.452 e. The quantitative estimate of drug-likeness (QED) is 0.635. The van der Waals surface area contributed by atoms with Crippen LogP contribution in [0.1, 0.15) is 30.9 Å². The summed E-state index contributed by atoms with van der Waals surface area (Å²) in [5.41, 5.74) is 1.88. The zero-order valence-electron chi connectivity index (χ0n) is 16.1. The van der Waals surface area contributed by atoms with Crippen molar-refractivity contribution in [3.05, 3.63) is 41.3 Å². The van der Waals surface area contributed by atoms with E-state index in [0.29, 0.717) is 5.69 Å². The summed E-state index contributed by atoms with van der Waals surface area (Å²) >= 11 is 0. The van der Waals surface area contributed by atoms with Crippen LogP contribution in [-0.4, -0.2) is 38.1 Å². The van der Waals surface area contributed by atoms with Crippen molar-refractivity contribution in [1.82, 2.24) is 9.88 Å². The molecule has 2 N–H and O–H groups in total. The molecular formula is C18H23N3O6S. The first kappa shape index (κ1) is 21.6. The predicted octanol–water partition coefficient (Wildman–Crippen LogP) is 1.70. The first-order valence-electron chi connectivity index (χ1n) is 8.66. The van der Waals surface area contributed by atoms with Crippen LogP contribution in [0.15, 0.2) is 33.7 Å². The molecule has 1 atom stereocenters. The number of hydrogen-bond acceptors (Lipinski definition) is 7. The number of carbonyl (C=O) groups excluding carboxylic acids is 2. The second-order valence-electron chi connectivity index (χ2n) is 6.15. The van der Waals surface area contributed by atoms with Gasteiger partial charge in [-0.3, -0.25) is 9.59 Å². The van der Waals surface area contributed by atoms with Crippen LogP contribution in [-0.2, 0) is 30.8 Å². The van der Waals surface area contributed by atoms with Crippen LogP contribution in [0.4, 0.5) is 5.69 Å². The van der Waals surface area contributed by atoms with Crippen LogP contribution < -0.4 is 10.0 Å². The maximum Gasteiger partial charge on any atom is 0.321 e. The number of ether oxygens (including phenoxy) is 1. The number of nitrogens with zero attached hydrogens (tertiary/aromatic N) is 1. The Balaban J connectivity index is 1.88. The molecule has 0 fully saturated rings. The minimum absolute atomic E-state index is 0.111. The van der Waals surface area contributed by atoms with Gasteiger partial charge in [0.2, 0.25) is 10.0 Å². The summed E-state index contributed by atoms with van der Waals surface area (Å²) in [5, 5.41) is 6.20. The molecule has 0 radical (unpaired) electrons. The maximum absolute atomic E-state index is 12.3. The van der Waals surface area contributed by atoms with Gasteiger partial charge in [0.15, 0.2) is 11.9 Å². The highest BCUT2D eigenvalue weighted by atomic mass is 32.2. The van der Waals surface area contributed by atoms with E-state index in [2.05, 4.69) is 15.2 Å². The van der Waals surface area contributed by atoms with Gasteiger partial charge in [-0.2, -0.15) is 4.72 Å². The van der Waals surface area contributed by atoms with Gasteiger partial charge in [-0.05, 0) is 44.9 Å². The van der Waals surface area contributed by atoms with E-state index in [1.54, 1.807) is 12.1 Å². The van der Waals surface area contributed by atoms with Gasteiger partial charge in [0.25, 0.3) is 5.91 Å². The molecule has 0 aliphatic carbocycles. The Kier molecular flexibility index (Phi) is 6.92. The molecule has 152 valence electrons. The van der Waals surface area contributed by atoms with E-state index in [9.17, 15) is 18.0 Å². The number of aryl methyl sites for hydroxylation is 3. The first-order valence-corrected chi connectivity index (χ1v) is 10.1. The molecule has 0 saturated carbocycles. The van der Waals surface area contributed by atoms with E-state index in [1.807, 2.05) is 19.1 Å². The van der Waals surface area contributed by atoms with Crippen LogP contribution >= 0.6 is 0 Å². The summed E-state index contributed by atoms with van der Waals surface area (Å²) in [7, 11) is -3.99. The topological polar surface area (TPSA) is 128 Å². The molecule has 28 heavy (non-hydrogen) atoms. The Morgan fingerprint density at radius 2 is 1.86 bits per heavy atom. The van der Waals surface area contributed by atoms with Gasteiger partial charge in [-0.1, -0.05) is 24.2 Å². The van der Waals surface area contributed by atoms with Crippen LogP contribution in [0.25, 0.3) is 0 Å². The Labute approximate surface area is 163 Å². The van der Waals surface area contributed by atoms with Crippen LogP contribution in [0.2, 0.25) is 0 Å². The molecule has 0 saturated heterocycles. The number of nitrogens with one attached hydrogen (secondary N) is 2. The van der Waals surface area contributed by atoms with Crippen molar-refractivity contribution in [2.45, 2.75) is 45.1 Å². The molecule has 1 heterocycles. The van der Waals surface area contributed by atoms with Crippen LogP contribution in [0.5, 0.6) is 0 Å². The van der Waals surface area contributed by atoms with Crippen molar-refractivity contribution in [2.75, 3.05) is 11.9 Å². The van der Waals surface area contributed by atoms with Crippen LogP contribution in [0, 0.1) is 13.8 Å². The molecule has 0 unspecified atom stereocenters. The normalized spacial score (nSPS) is 12.4. The maximum atomic E-state index is 12.3. The molecule has 0 bridgehead atoms. The molecule has 2 aromatic rings. The van der Waals surface area contributed by atoms with Gasteiger partial charge < -0.3 is 14.6 Å². The number of amides is 1. The standard InChI is InChI=1S/C18H23N3O6S/c1-5-14-6-8-15(9-7-14)20-18(23)13(4)26-16(22)10-19-28(24,25)17-11(2)21-27-12(17)3/h6-9,13,19H,5,10H2,1-4H3,(H,20,23)/t13-/m1/s1. The summed E-state index contributed by atoms with van der Waals surface area (Å²) in [6, 6.07) is 7.28. The molecule has 2 rings (SSSR count). The molecule has 9 nitrogen and oxygen atoms in total. The van der Waals surface area contributed by atoms with Crippen LogP contribution in [0.3, 0.4) is 0 Å². The molecule has 1 amide bonds. The van der Waals surface area contributed by atoms with E-state index < -0.39 is 34.5 Å². The lowest BCUT2D eigenvalue weighted by Crippen LogP contribution is -2.36. The molecule has 0 spiro atoms. The lowest BCUT2D eigenvalue weighted by molar-refractivity contribution is -0.151. The average Bonchev–Trinajstić information content (AvgIpc) is 2.99. The minimum atomic E-state index is -3.99. The largest absolute Gasteiger partial charge is 0.452 e. The van der Waals surface area contributed by atoms with Crippen molar-refractivity contribution < 1.29 is 27.3 Å². The Hall–Kier alpha value is -2.72. The number of esters is 1. The lowest BCUT2D eigenvalue weighted by atomic mass is 10.1. The number of carbonyl (C=O) groups is 2. The Morgan fingerprint density at radius 3 is 2.39 bits per heavy atom. The number of benzene rings is 1. The molecule has 10 heteroatoms. The van der Waals surface area contributed by atoms with E-state index in [-0.39, 0.29) is 16.3 Å². The van der Waals surface area contributed by atoms with E-state index in [1.165, 1.54) is 20.8 Å². The molecule has 0 aliphatic rings. The highest BCUT2D eigenvalue weighted by Crippen LogP contribution is 2.18. The summed E-state index contributed by atoms with van der Waals surface area (Å²) in [4.78, 5) is 23.9. The van der Waals surface area contributed by atoms with Gasteiger partial charge in [0, 0.05) is 5.69 Å². The average molecular weight is 409 g/mol. The second kappa shape index (κ2) is 8.98. The van der Waals surface area contributed by atoms with Crippen molar-refractivity contribution >= 4 is 27.6 Å². The van der Waals surface area contributed by atoms with E-state index in [0.717, 1.165) is 12.0 Å². The van der Waals surface area contributed by atoms with Gasteiger partial charge in [-0.15, -0.1) is 0 Å². The number of aromatic nitrogens is 1. The van der Waals surface area contributed by atoms with Crippen molar-refractivity contribution in [2.24, 2.45) is 0 Å². The van der Waals surface area contributed by atoms with Crippen molar-refractivity contribution in [1.29, 1.82) is 0 Å². The fourth-order valence-corrected chi connectivity index (χ4v) is 3.74. The van der Waals surface area contributed by atoms with Gasteiger partial charge in [0.05, 0.1) is 0 Å². The molecule has 0 aliphatic heterocycles. The van der Waals surface area contributed by atoms with Gasteiger partial charge in [-0.25, -0.2) is 8.42 Å². The summed E-state index contributed by atoms with van der Waals surface area (Å²) in [6.07, 6.45) is -0.214. The Bertz CT molecular complexity index is 931. The second-order valence-corrected chi connectivity index (χ2v) is 7.85. The number of sulfonamides is 1. The number of rotatable bonds is 8. The van der Waals surface area contributed by atoms with Crippen molar-refractivity contribution in [3.63, 3.8) is 0 Å². The molecular weight excluding hydrogens is 386 g/mol. The summed E-state index contributed by atoms with van der Waals surface area (Å²) in [6.45, 7) is 5.72. The van der Waals surface area contributed by atoms with E-state index in [4.69, 9.17) is 9.26 Å². The summed E-state index contributed by atoms with van der Waals surface area (Å²) < 4.78 is 36.4. The van der Waals surface area contributed by atoms with Gasteiger partial charge >= 0.3 is 5.97 Å². The number of hydrogen-bond donors (Lipinski definition) is 2. The van der Waals surface area contributed by atoms with Gasteiger partial charge in [0.1, 0.15) is 17.1 Å². The highest BCUT2D eigenvalue weighted by Gasteiger charge is 2.26. The number of anilines is 1. The lowest BCUT2D eigenvalue weighted by Gasteiger charge is -2.14. The third-order valence-electron chi connectivity index (χ3n) is 3.95. The monoisotopic (exact) mass is 409 g/mol. The van der Waals surface area contributed by atoms with E-state index >= 15 is 0 Å². The Morgan fingerprint density at radius 1 is 1.21 bits per heavy atom. The third kappa shape index (κ3) is 5.40. The third-order valence-corrected chi connectivity index (χ3v) is 5.60. The van der Waals surface area contributed by atoms with Crippen molar-refractivity contribution in [3.8, 4) is 0 Å². The fraction of sp³-hybridized carbons (Fsp3) is 0.389. The molecule has 1 aromatic heterocycles. The zero-order valence-corrected chi connectivity index (χ0v) is 16.9. The highest BCUT2D eigenvalue weighted by molar-refractivity contribution is 7.89. The fourth-order valence-electron chi connectivity index (χ4n) is 2.44. The SMILES string of the molecule is CCc1ccc(NC(=O)[C@@H](C)OC(=O)CNS(=O)(=O)c2c(C)noc2C)cc1. The molecule has 1 aromatic carbocycles. The zero-order chi connectivity index (χ0) is 20.9. The first-order chi connectivity index (χ1) is 13.1. The predicted molar refractivity (Wildman–Crippen MR) is 101 cm³/mol. The smallest absolute Gasteiger partial charge is 0.321 e.